The largest absolute Gasteiger partial charge is 0.508 e. The van der Waals surface area contributed by atoms with Crippen molar-refractivity contribution < 1.29 is 133 Å². The van der Waals surface area contributed by atoms with Crippen molar-refractivity contribution in [3.8, 4) is 80.1 Å². The molecule has 8 amide bonds. The molecule has 7 aromatic carbocycles. The molecule has 18 atom stereocenters. The van der Waals surface area contributed by atoms with Gasteiger partial charge in [0.15, 0.2) is 23.0 Å². The van der Waals surface area contributed by atoms with E-state index in [1.807, 2.05) is 4.90 Å². The van der Waals surface area contributed by atoms with E-state index >= 15 is 28.8 Å². The zero-order valence-electron chi connectivity index (χ0n) is 69.0. The Bertz CT molecular complexity index is 5280. The Morgan fingerprint density at radius 3 is 1.81 bits per heavy atom. The molecule has 9 aliphatic rings. The number of phenols is 4. The van der Waals surface area contributed by atoms with Crippen LogP contribution < -0.4 is 66.2 Å². The van der Waals surface area contributed by atoms with E-state index in [1.165, 1.54) is 66.5 Å². The standard InChI is InChI=1S/C88H100Cl2N10O27/c1-4-5-6-7-8-9-10-11-12-13-63(107)93-72-76(111)74(109)61(38-101)125-87(72)127-79-59-32-44-33-60(79)123-56-23-18-43(30-51(56)89)73(108)71-85(119)97-70(86(120)100-26-24-99(3)25-27-100)49-34-45(103)35-58(124-88-78(113)77(112)75(110)62(39-102)126-88)64(49)48-29-41(16-21-53(48)104)67(82(116)98-71)94-83(117)68(44)95-84(118)69-50-36-47(37-55(106)65(50)90)122-57-31-42(17-22-54(57)105)66(91-2)81(115)92-52(80(114)96-69)28-40-14-19-46(121-59)20-15-40/h14-23,29-37,52,61-62,66-78,87-88,91,101-106,108-113H,4-13,24-28,38-39H2,1-3H3,(H,92,115)(H,93,107)(H,94,117)(H,95,118)(H,96,114)(H,97,119)(H,98,116)/t52-,61-,62-,66+,67-,68-,69+,70-,71+,72-,73-,74-,75-,76-,77+,78+,87+,88+/m1/s1. The Balaban J connectivity index is 0.987. The Morgan fingerprint density at radius 1 is 0.520 bits per heavy atom. The topological polar surface area (TPSA) is 547 Å². The molecular formula is C88H100Cl2N10O27. The monoisotopic (exact) mass is 1800 g/mol. The normalized spacial score (nSPS) is 26.8. The lowest BCUT2D eigenvalue weighted by Crippen LogP contribution is -2.65. The quantitative estimate of drug-likeness (QED) is 0.0510. The number of aromatic hydroxyl groups is 4. The number of nitrogens with one attached hydrogen (secondary N) is 8. The number of amides is 8. The Hall–Kier alpha value is -11.4. The number of unbranched alkanes of at least 4 members (excludes halogenated alkanes) is 8. The van der Waals surface area contributed by atoms with Crippen molar-refractivity contribution in [2.75, 3.05) is 53.5 Å². The van der Waals surface area contributed by atoms with E-state index in [4.69, 9.17) is 56.4 Å². The van der Waals surface area contributed by atoms with Gasteiger partial charge in [0.25, 0.3) is 0 Å². The summed E-state index contributed by atoms with van der Waals surface area (Å²) in [6.07, 6.45) is -11.7. The van der Waals surface area contributed by atoms with Gasteiger partial charge in [0.2, 0.25) is 65.6 Å². The number of nitrogens with zero attached hydrogens (tertiary/aromatic N) is 2. The lowest BCUT2D eigenvalue weighted by atomic mass is 9.89. The number of piperazine rings is 1. The first-order chi connectivity index (χ1) is 60.9. The molecule has 3 fully saturated rings. The fraction of sp³-hybridized carbons (Fsp3) is 0.432. The third kappa shape index (κ3) is 20.1. The maximum Gasteiger partial charge on any atom is 0.249 e. The van der Waals surface area contributed by atoms with Crippen molar-refractivity contribution in [1.29, 1.82) is 0 Å². The fourth-order valence-electron chi connectivity index (χ4n) is 16.5. The summed E-state index contributed by atoms with van der Waals surface area (Å²) in [5, 5.41) is 160. The maximum absolute atomic E-state index is 16.9. The van der Waals surface area contributed by atoms with Gasteiger partial charge in [0.05, 0.1) is 23.3 Å². The van der Waals surface area contributed by atoms with Gasteiger partial charge in [0, 0.05) is 67.8 Å². The van der Waals surface area contributed by atoms with Crippen LogP contribution in [-0.4, -0.2) is 245 Å². The van der Waals surface area contributed by atoms with Crippen molar-refractivity contribution in [3.05, 3.63) is 164 Å². The summed E-state index contributed by atoms with van der Waals surface area (Å²) in [5.74, 6) is -15.1. The van der Waals surface area contributed by atoms with Gasteiger partial charge >= 0.3 is 0 Å². The second-order valence-electron chi connectivity index (χ2n) is 32.4. The molecule has 0 saturated carbocycles. The zero-order chi connectivity index (χ0) is 90.5. The SMILES string of the molecule is CCCCCCCCCCCC(=O)N[C@H]1[C@H](Oc2c3cc4cc2Oc2ccc(cc2Cl)[C@@H](O)[C@@H]2NC(=O)[C@H](NC(=O)[C@@H]4NC(=O)[C@H]4NC(=O)[C@@H](Cc5ccc(cc5)O3)NC(=O)[C@@H](NC)c3ccc(O)c(c3)Oc3cc(O)c(Cl)c4c3)c3ccc(O)c(c3)-c3c(O[C@H]4O[C@H](CO)[C@@H](O)[C@H](O)[C@@H]4O)cc(O)cc3[C@H](C(=O)N3CCN(C)CC3)NC2=O)O[C@H](CO)[C@@H](O)[C@@H]1O. The summed E-state index contributed by atoms with van der Waals surface area (Å²) in [4.78, 5) is 129. The van der Waals surface area contributed by atoms with Crippen molar-refractivity contribution in [1.82, 2.24) is 52.3 Å². The van der Waals surface area contributed by atoms with Gasteiger partial charge in [0.1, 0.15) is 137 Å². The summed E-state index contributed by atoms with van der Waals surface area (Å²) >= 11 is 14.4. The Labute approximate surface area is 737 Å². The van der Waals surface area contributed by atoms with E-state index in [-0.39, 0.29) is 65.6 Å². The smallest absolute Gasteiger partial charge is 0.249 e. The Morgan fingerprint density at radius 2 is 1.13 bits per heavy atom. The average Bonchev–Trinajstić information content (AvgIpc) is 0.785. The molecule has 0 radical (unpaired) electrons. The second kappa shape index (κ2) is 39.9. The highest BCUT2D eigenvalue weighted by atomic mass is 35.5. The predicted octanol–water partition coefficient (Wildman–Crippen LogP) is 3.93. The van der Waals surface area contributed by atoms with Crippen LogP contribution in [0.25, 0.3) is 11.1 Å². The van der Waals surface area contributed by atoms with Crippen LogP contribution in [-0.2, 0) is 54.3 Å². The van der Waals surface area contributed by atoms with Crippen LogP contribution in [0.2, 0.25) is 10.0 Å². The molecule has 9 aliphatic heterocycles. The first-order valence-electron chi connectivity index (χ1n) is 41.8. The lowest BCUT2D eigenvalue weighted by molar-refractivity contribution is -0.277. The molecular weight excluding hydrogens is 1700 g/mol. The molecule has 0 spiro atoms. The number of aliphatic hydroxyl groups excluding tert-OH is 8. The fourth-order valence-corrected chi connectivity index (χ4v) is 16.9. The number of fused-ring (bicyclic) bond motifs is 14. The van der Waals surface area contributed by atoms with E-state index in [2.05, 4.69) is 49.5 Å². The van der Waals surface area contributed by atoms with Gasteiger partial charge in [-0.2, -0.15) is 0 Å². The zero-order valence-corrected chi connectivity index (χ0v) is 70.5. The highest BCUT2D eigenvalue weighted by molar-refractivity contribution is 6.33. The van der Waals surface area contributed by atoms with E-state index in [0.717, 1.165) is 106 Å². The van der Waals surface area contributed by atoms with Crippen molar-refractivity contribution in [2.45, 2.75) is 187 Å². The number of hydrogen-bond donors (Lipinski definition) is 20. The van der Waals surface area contributed by atoms with E-state index < -0.39 is 254 Å². The Kier molecular flexibility index (Phi) is 28.8. The summed E-state index contributed by atoms with van der Waals surface area (Å²) in [6, 6.07) is 6.86. The predicted molar refractivity (Wildman–Crippen MR) is 449 cm³/mol. The van der Waals surface area contributed by atoms with Crippen molar-refractivity contribution in [2.24, 2.45) is 0 Å². The van der Waals surface area contributed by atoms with Crippen molar-refractivity contribution >= 4 is 70.5 Å². The number of aliphatic hydroxyl groups is 8. The van der Waals surface area contributed by atoms with Crippen LogP contribution in [0.5, 0.6) is 69.0 Å². The summed E-state index contributed by atoms with van der Waals surface area (Å²) in [7, 11) is 3.24. The first kappa shape index (κ1) is 91.8. The summed E-state index contributed by atoms with van der Waals surface area (Å²) in [6.45, 7) is 0.876. The number of likely N-dealkylation sites (N-methyl/N-ethyl adjacent to an activating group) is 2. The van der Waals surface area contributed by atoms with Crippen LogP contribution >= 0.6 is 23.2 Å². The summed E-state index contributed by atoms with van der Waals surface area (Å²) < 4.78 is 45.1. The number of halogens is 2. The minimum atomic E-state index is -2.40. The highest BCUT2D eigenvalue weighted by Crippen LogP contribution is 2.51. The summed E-state index contributed by atoms with van der Waals surface area (Å²) in [5.41, 5.74) is -2.31. The number of rotatable bonds is 19. The van der Waals surface area contributed by atoms with Gasteiger partial charge in [-0.1, -0.05) is 112 Å². The molecule has 37 nitrogen and oxygen atoms in total. The molecule has 39 heteroatoms. The third-order valence-electron chi connectivity index (χ3n) is 23.6. The van der Waals surface area contributed by atoms with Gasteiger partial charge in [-0.05, 0) is 127 Å². The molecule has 9 heterocycles. The number of carbonyl (C=O) groups is 8. The third-order valence-corrected chi connectivity index (χ3v) is 24.3. The van der Waals surface area contributed by atoms with Gasteiger partial charge in [-0.3, -0.25) is 38.4 Å². The molecule has 3 saturated heterocycles. The molecule has 0 unspecified atom stereocenters. The molecule has 0 aliphatic carbocycles. The van der Waals surface area contributed by atoms with E-state index in [0.29, 0.717) is 31.5 Å². The number of hydrogen-bond acceptors (Lipinski definition) is 29. The van der Waals surface area contributed by atoms with Crippen LogP contribution in [0.4, 0.5) is 0 Å². The van der Waals surface area contributed by atoms with Gasteiger partial charge in [-0.25, -0.2) is 0 Å². The second-order valence-corrected chi connectivity index (χ2v) is 33.2. The van der Waals surface area contributed by atoms with Crippen LogP contribution in [0.15, 0.2) is 115 Å². The van der Waals surface area contributed by atoms with E-state index in [9.17, 15) is 70.9 Å². The maximum atomic E-state index is 16.9. The van der Waals surface area contributed by atoms with Crippen molar-refractivity contribution in [3.63, 3.8) is 0 Å². The number of benzene rings is 7. The molecule has 0 aromatic heterocycles. The first-order valence-corrected chi connectivity index (χ1v) is 42.5. The number of phenolic OH excluding ortho intramolecular Hbond substituents is 4. The minimum absolute atomic E-state index is 0.0284. The van der Waals surface area contributed by atoms with Gasteiger partial charge in [-0.15, -0.1) is 0 Å². The average molecular weight is 1800 g/mol. The molecule has 127 heavy (non-hydrogen) atoms. The number of ether oxygens (including phenoxy) is 7. The van der Waals surface area contributed by atoms with Crippen LogP contribution in [0, 0.1) is 0 Å². The molecule has 7 aromatic rings. The molecule has 678 valence electrons. The highest BCUT2D eigenvalue weighted by Gasteiger charge is 2.50. The van der Waals surface area contributed by atoms with Gasteiger partial charge < -0.3 is 147 Å². The van der Waals surface area contributed by atoms with Crippen LogP contribution in [0.1, 0.15) is 146 Å². The van der Waals surface area contributed by atoms with Crippen LogP contribution in [0.3, 0.4) is 0 Å². The minimum Gasteiger partial charge on any atom is -0.508 e. The molecule has 17 bridgehead atoms. The number of carbonyl (C=O) groups excluding carboxylic acids is 8. The molecule has 20 N–H and O–H groups in total. The van der Waals surface area contributed by atoms with E-state index in [1.54, 1.807) is 7.05 Å². The lowest BCUT2D eigenvalue weighted by Gasteiger charge is -2.42. The molecule has 16 rings (SSSR count).